The summed E-state index contributed by atoms with van der Waals surface area (Å²) in [5.41, 5.74) is 1.56. The van der Waals surface area contributed by atoms with Crippen LogP contribution in [0.1, 0.15) is 37.1 Å². The van der Waals surface area contributed by atoms with E-state index in [0.717, 1.165) is 5.56 Å². The molecule has 12 nitrogen and oxygen atoms in total. The van der Waals surface area contributed by atoms with Crippen LogP contribution in [0.4, 0.5) is 5.95 Å². The number of nitrogens with zero attached hydrogens (tertiary/aromatic N) is 6. The number of sulfonamides is 1. The van der Waals surface area contributed by atoms with Crippen molar-refractivity contribution in [3.63, 3.8) is 0 Å². The Kier molecular flexibility index (Phi) is 9.08. The third-order valence-corrected chi connectivity index (χ3v) is 7.14. The van der Waals surface area contributed by atoms with Crippen molar-refractivity contribution in [1.29, 1.82) is 0 Å². The molecule has 0 bridgehead atoms. The van der Waals surface area contributed by atoms with Crippen molar-refractivity contribution < 1.29 is 22.6 Å². The van der Waals surface area contributed by atoms with Gasteiger partial charge in [0.05, 0.1) is 11.6 Å². The summed E-state index contributed by atoms with van der Waals surface area (Å²) < 4.78 is 47.1. The van der Waals surface area contributed by atoms with Gasteiger partial charge in [0.25, 0.3) is 0 Å². The summed E-state index contributed by atoms with van der Waals surface area (Å²) >= 11 is 5.86. The molecule has 190 valence electrons. The lowest BCUT2D eigenvalue weighted by atomic mass is 10.2. The number of hydrogen-bond donors (Lipinski definition) is 1. The smallest absolute Gasteiger partial charge is 0.240 e. The Morgan fingerprint density at radius 3 is 2.40 bits per heavy atom. The first-order valence-electron chi connectivity index (χ1n) is 10.6. The molecule has 3 heterocycles. The van der Waals surface area contributed by atoms with Gasteiger partial charge in [0.1, 0.15) is 17.6 Å². The van der Waals surface area contributed by atoms with Crippen molar-refractivity contribution in [3.05, 3.63) is 47.3 Å². The number of halogens is 1. The van der Waals surface area contributed by atoms with Gasteiger partial charge in [-0.25, -0.2) is 18.4 Å². The van der Waals surface area contributed by atoms with Crippen molar-refractivity contribution in [2.45, 2.75) is 37.9 Å². The molecule has 3 aromatic heterocycles. The van der Waals surface area contributed by atoms with Crippen molar-refractivity contribution >= 4 is 27.6 Å². The first-order valence-corrected chi connectivity index (χ1v) is 12.5. The first-order chi connectivity index (χ1) is 16.7. The summed E-state index contributed by atoms with van der Waals surface area (Å²) in [5.74, 6) is 0.541. The normalized spacial score (nSPS) is 14.5. The van der Waals surface area contributed by atoms with E-state index in [2.05, 4.69) is 29.9 Å². The fourth-order valence-corrected chi connectivity index (χ4v) is 4.67. The van der Waals surface area contributed by atoms with Crippen molar-refractivity contribution in [2.24, 2.45) is 0 Å². The van der Waals surface area contributed by atoms with E-state index in [1.54, 1.807) is 24.1 Å². The molecule has 14 heteroatoms. The van der Waals surface area contributed by atoms with Crippen LogP contribution in [0.2, 0.25) is 5.02 Å². The van der Waals surface area contributed by atoms with Gasteiger partial charge in [0.15, 0.2) is 11.6 Å². The largest absolute Gasteiger partial charge is 0.385 e. The van der Waals surface area contributed by atoms with Gasteiger partial charge in [0, 0.05) is 58.1 Å². The van der Waals surface area contributed by atoms with Gasteiger partial charge in [-0.15, -0.1) is 10.2 Å². The maximum Gasteiger partial charge on any atom is 0.240 e. The summed E-state index contributed by atoms with van der Waals surface area (Å²) in [6, 6.07) is 1.87. The van der Waals surface area contributed by atoms with Crippen molar-refractivity contribution in [1.82, 2.24) is 29.7 Å². The number of nitrogens with one attached hydrogen (secondary N) is 1. The highest BCUT2D eigenvalue weighted by molar-refractivity contribution is 7.93. The summed E-state index contributed by atoms with van der Waals surface area (Å²) in [7, 11) is 0.403. The number of hydrogen-bond acceptors (Lipinski definition) is 10. The Balaban J connectivity index is 2.00. The van der Waals surface area contributed by atoms with Crippen LogP contribution in [0.25, 0.3) is 11.4 Å². The molecule has 35 heavy (non-hydrogen) atoms. The molecule has 0 saturated heterocycles. The van der Waals surface area contributed by atoms with Crippen molar-refractivity contribution in [2.75, 3.05) is 32.7 Å². The molecule has 0 aliphatic heterocycles. The molecule has 1 N–H and O–H groups in total. The molecule has 3 aromatic rings. The summed E-state index contributed by atoms with van der Waals surface area (Å²) in [6.07, 6.45) is 4.91. The number of pyridine rings is 1. The van der Waals surface area contributed by atoms with E-state index in [9.17, 15) is 8.42 Å². The lowest BCUT2D eigenvalue weighted by molar-refractivity contribution is 0.0189. The second kappa shape index (κ2) is 11.8. The number of anilines is 1. The van der Waals surface area contributed by atoms with Crippen LogP contribution >= 0.6 is 11.6 Å². The predicted molar refractivity (Wildman–Crippen MR) is 129 cm³/mol. The zero-order valence-electron chi connectivity index (χ0n) is 20.0. The van der Waals surface area contributed by atoms with E-state index in [4.69, 9.17) is 25.8 Å². The minimum Gasteiger partial charge on any atom is -0.385 e. The highest BCUT2D eigenvalue weighted by atomic mass is 35.5. The number of ether oxygens (including phenoxy) is 3. The molecule has 0 amide bonds. The molecular formula is C21H28ClN7O5S. The lowest BCUT2D eigenvalue weighted by Gasteiger charge is -2.24. The standard InChI is InChI=1S/C21H28ClN7O5S/c1-13-8-15(10-23-9-13)20-26-27-21(29(20)17(33-4)6-7-32-3)28-35(30,31)14(2)18(34-5)19-24-11-16(22)12-25-19/h8-12,14,17-18H,6-7H2,1-5H3,(H,27,28)/t14-,17?,18-/m0/s1. The molecule has 0 spiro atoms. The molecule has 0 aliphatic rings. The van der Waals surface area contributed by atoms with E-state index in [-0.39, 0.29) is 11.8 Å². The third-order valence-electron chi connectivity index (χ3n) is 5.26. The van der Waals surface area contributed by atoms with Gasteiger partial charge in [-0.1, -0.05) is 11.6 Å². The van der Waals surface area contributed by atoms with Crippen LogP contribution in [0, 0.1) is 6.92 Å². The number of aromatic nitrogens is 6. The van der Waals surface area contributed by atoms with Crippen LogP contribution in [-0.4, -0.2) is 71.3 Å². The van der Waals surface area contributed by atoms with Gasteiger partial charge in [-0.05, 0) is 25.5 Å². The summed E-state index contributed by atoms with van der Waals surface area (Å²) in [5, 5.41) is 7.59. The summed E-state index contributed by atoms with van der Waals surface area (Å²) in [4.78, 5) is 12.4. The van der Waals surface area contributed by atoms with Crippen LogP contribution in [0.3, 0.4) is 0 Å². The van der Waals surface area contributed by atoms with E-state index < -0.39 is 27.6 Å². The van der Waals surface area contributed by atoms with Crippen LogP contribution in [0.15, 0.2) is 30.9 Å². The molecule has 0 aliphatic carbocycles. The number of methoxy groups -OCH3 is 3. The Labute approximate surface area is 209 Å². The van der Waals surface area contributed by atoms with E-state index in [0.29, 0.717) is 29.4 Å². The average molecular weight is 526 g/mol. The maximum absolute atomic E-state index is 13.4. The Hall–Kier alpha value is -2.71. The van der Waals surface area contributed by atoms with E-state index in [1.165, 1.54) is 33.5 Å². The zero-order chi connectivity index (χ0) is 25.6. The minimum atomic E-state index is -4.06. The Morgan fingerprint density at radius 2 is 1.80 bits per heavy atom. The summed E-state index contributed by atoms with van der Waals surface area (Å²) in [6.45, 7) is 3.74. The van der Waals surface area contributed by atoms with E-state index >= 15 is 0 Å². The second-order valence-corrected chi connectivity index (χ2v) is 10.2. The molecule has 3 atom stereocenters. The Morgan fingerprint density at radius 1 is 1.09 bits per heavy atom. The molecule has 0 radical (unpaired) electrons. The molecular weight excluding hydrogens is 498 g/mol. The van der Waals surface area contributed by atoms with Crippen LogP contribution < -0.4 is 4.72 Å². The predicted octanol–water partition coefficient (Wildman–Crippen LogP) is 2.79. The SMILES string of the molecule is COCCC(OC)n1c(NS(=O)(=O)[C@@H](C)[C@H](OC)c2ncc(Cl)cn2)nnc1-c1cncc(C)c1. The minimum absolute atomic E-state index is 0.0248. The third kappa shape index (κ3) is 6.30. The maximum atomic E-state index is 13.4. The van der Waals surface area contributed by atoms with Gasteiger partial charge in [-0.2, -0.15) is 0 Å². The zero-order valence-corrected chi connectivity index (χ0v) is 21.6. The average Bonchev–Trinajstić information content (AvgIpc) is 3.24. The number of aryl methyl sites for hydroxylation is 1. The second-order valence-electron chi connectivity index (χ2n) is 7.71. The fraction of sp³-hybridized carbons (Fsp3) is 0.476. The molecule has 0 saturated carbocycles. The lowest BCUT2D eigenvalue weighted by Crippen LogP contribution is -2.34. The van der Waals surface area contributed by atoms with Gasteiger partial charge >= 0.3 is 0 Å². The Bertz CT molecular complexity index is 1220. The first kappa shape index (κ1) is 26.9. The van der Waals surface area contributed by atoms with Gasteiger partial charge < -0.3 is 14.2 Å². The molecule has 1 unspecified atom stereocenters. The number of rotatable bonds is 12. The van der Waals surface area contributed by atoms with Crippen LogP contribution in [0.5, 0.6) is 0 Å². The molecule has 0 aromatic carbocycles. The topological polar surface area (TPSA) is 143 Å². The van der Waals surface area contributed by atoms with E-state index in [1.807, 2.05) is 13.0 Å². The highest BCUT2D eigenvalue weighted by Gasteiger charge is 2.35. The monoisotopic (exact) mass is 525 g/mol. The molecule has 0 fully saturated rings. The molecule has 3 rings (SSSR count). The fourth-order valence-electron chi connectivity index (χ4n) is 3.44. The van der Waals surface area contributed by atoms with Crippen LogP contribution in [-0.2, 0) is 24.2 Å². The van der Waals surface area contributed by atoms with Crippen molar-refractivity contribution in [3.8, 4) is 11.4 Å². The highest BCUT2D eigenvalue weighted by Crippen LogP contribution is 2.30. The van der Waals surface area contributed by atoms with Gasteiger partial charge in [-0.3, -0.25) is 14.3 Å². The quantitative estimate of drug-likeness (QED) is 0.374. The van der Waals surface area contributed by atoms with Gasteiger partial charge in [0.2, 0.25) is 16.0 Å².